The molecule has 4 aliphatic carbocycles. The first kappa shape index (κ1) is 18.5. The van der Waals surface area contributed by atoms with E-state index >= 15 is 0 Å². The number of hydrogen-bond donors (Lipinski definition) is 2. The van der Waals surface area contributed by atoms with Gasteiger partial charge in [-0.15, -0.1) is 0 Å². The van der Waals surface area contributed by atoms with E-state index in [0.717, 1.165) is 25.7 Å². The van der Waals surface area contributed by atoms with Crippen LogP contribution in [0.1, 0.15) is 66.2 Å². The van der Waals surface area contributed by atoms with E-state index in [0.29, 0.717) is 18.3 Å². The predicted octanol–water partition coefficient (Wildman–Crippen LogP) is 3.46. The molecule has 3 fully saturated rings. The summed E-state index contributed by atoms with van der Waals surface area (Å²) in [7, 11) is 0. The van der Waals surface area contributed by atoms with E-state index in [1.54, 1.807) is 0 Å². The number of esters is 1. The molecule has 0 saturated heterocycles. The SMILES string of the molecule is CC(=O)OC[C@]1(C)[C@H]2C[C@H](O)C34C=C(C)[C@@H](CC[C@H]3[C@]2(C)CC[C@H]1O)C4. The van der Waals surface area contributed by atoms with E-state index < -0.39 is 11.5 Å². The first-order chi connectivity index (χ1) is 12.1. The fourth-order valence-electron chi connectivity index (χ4n) is 7.59. The molecule has 0 aromatic rings. The van der Waals surface area contributed by atoms with Crippen molar-refractivity contribution in [2.24, 2.45) is 34.0 Å². The Kier molecular flexibility index (Phi) is 4.13. The zero-order chi connectivity index (χ0) is 18.9. The summed E-state index contributed by atoms with van der Waals surface area (Å²) in [6, 6.07) is 0. The molecule has 0 aliphatic heterocycles. The van der Waals surface area contributed by atoms with Gasteiger partial charge >= 0.3 is 5.97 Å². The van der Waals surface area contributed by atoms with Crippen molar-refractivity contribution in [3.05, 3.63) is 11.6 Å². The summed E-state index contributed by atoms with van der Waals surface area (Å²) in [6.45, 7) is 8.35. The first-order valence-electron chi connectivity index (χ1n) is 10.3. The van der Waals surface area contributed by atoms with Gasteiger partial charge in [-0.2, -0.15) is 0 Å². The van der Waals surface area contributed by atoms with Crippen molar-refractivity contribution < 1.29 is 19.7 Å². The molecule has 8 atom stereocenters. The third-order valence-corrected chi connectivity index (χ3v) is 8.96. The van der Waals surface area contributed by atoms with Crippen LogP contribution >= 0.6 is 0 Å². The number of aliphatic hydroxyl groups excluding tert-OH is 2. The molecule has 4 nitrogen and oxygen atoms in total. The molecule has 0 heterocycles. The van der Waals surface area contributed by atoms with Gasteiger partial charge in [0.05, 0.1) is 18.8 Å². The van der Waals surface area contributed by atoms with E-state index in [2.05, 4.69) is 26.8 Å². The fraction of sp³-hybridized carbons (Fsp3) is 0.864. The molecule has 26 heavy (non-hydrogen) atoms. The summed E-state index contributed by atoms with van der Waals surface area (Å²) < 4.78 is 5.40. The van der Waals surface area contributed by atoms with Crippen LogP contribution in [0.15, 0.2) is 11.6 Å². The largest absolute Gasteiger partial charge is 0.465 e. The van der Waals surface area contributed by atoms with Crippen LogP contribution in [-0.4, -0.2) is 35.0 Å². The normalized spacial score (nSPS) is 52.7. The zero-order valence-electron chi connectivity index (χ0n) is 16.6. The monoisotopic (exact) mass is 362 g/mol. The highest BCUT2D eigenvalue weighted by Gasteiger charge is 2.67. The van der Waals surface area contributed by atoms with Gasteiger partial charge in [-0.1, -0.05) is 25.5 Å². The minimum atomic E-state index is -0.491. The van der Waals surface area contributed by atoms with Crippen molar-refractivity contribution >= 4 is 5.97 Å². The molecule has 3 saturated carbocycles. The van der Waals surface area contributed by atoms with Crippen LogP contribution in [0.4, 0.5) is 0 Å². The Labute approximate surface area is 157 Å². The van der Waals surface area contributed by atoms with Gasteiger partial charge in [-0.3, -0.25) is 4.79 Å². The maximum Gasteiger partial charge on any atom is 0.302 e. The topological polar surface area (TPSA) is 66.8 Å². The van der Waals surface area contributed by atoms with Crippen molar-refractivity contribution in [1.82, 2.24) is 0 Å². The van der Waals surface area contributed by atoms with Gasteiger partial charge in [0.25, 0.3) is 0 Å². The van der Waals surface area contributed by atoms with Crippen LogP contribution in [-0.2, 0) is 9.53 Å². The van der Waals surface area contributed by atoms with Crippen LogP contribution in [0.2, 0.25) is 0 Å². The van der Waals surface area contributed by atoms with Gasteiger partial charge in [-0.05, 0) is 68.6 Å². The lowest BCUT2D eigenvalue weighted by molar-refractivity contribution is -0.224. The second-order valence-corrected chi connectivity index (χ2v) is 10.2. The average Bonchev–Trinajstić information content (AvgIpc) is 2.83. The number of allylic oxidation sites excluding steroid dienone is 1. The second-order valence-electron chi connectivity index (χ2n) is 10.2. The Morgan fingerprint density at radius 1 is 1.19 bits per heavy atom. The number of carbonyl (C=O) groups is 1. The third kappa shape index (κ3) is 2.30. The highest BCUT2D eigenvalue weighted by Crippen LogP contribution is 2.70. The van der Waals surface area contributed by atoms with E-state index in [9.17, 15) is 15.0 Å². The Morgan fingerprint density at radius 3 is 2.62 bits per heavy atom. The molecule has 2 bridgehead atoms. The Morgan fingerprint density at radius 2 is 1.92 bits per heavy atom. The quantitative estimate of drug-likeness (QED) is 0.583. The molecule has 4 aliphatic rings. The number of hydrogen-bond acceptors (Lipinski definition) is 4. The zero-order valence-corrected chi connectivity index (χ0v) is 16.6. The first-order valence-corrected chi connectivity index (χ1v) is 10.3. The Bertz CT molecular complexity index is 642. The molecule has 4 heteroatoms. The number of carbonyl (C=O) groups excluding carboxylic acids is 1. The van der Waals surface area contributed by atoms with Gasteiger partial charge in [-0.25, -0.2) is 0 Å². The van der Waals surface area contributed by atoms with Crippen molar-refractivity contribution in [3.8, 4) is 0 Å². The summed E-state index contributed by atoms with van der Waals surface area (Å²) in [4.78, 5) is 11.4. The highest BCUT2D eigenvalue weighted by molar-refractivity contribution is 5.65. The summed E-state index contributed by atoms with van der Waals surface area (Å²) in [5, 5.41) is 22.2. The maximum absolute atomic E-state index is 11.4. The second kappa shape index (κ2) is 5.81. The van der Waals surface area contributed by atoms with Gasteiger partial charge in [0, 0.05) is 17.8 Å². The van der Waals surface area contributed by atoms with Gasteiger partial charge in [0.15, 0.2) is 0 Å². The summed E-state index contributed by atoms with van der Waals surface area (Å²) in [6.07, 6.45) is 7.45. The minimum Gasteiger partial charge on any atom is -0.465 e. The lowest BCUT2D eigenvalue weighted by atomic mass is 9.40. The fourth-order valence-corrected chi connectivity index (χ4v) is 7.59. The molecule has 1 unspecified atom stereocenters. The Balaban J connectivity index is 1.73. The van der Waals surface area contributed by atoms with E-state index in [1.165, 1.54) is 18.9 Å². The molecular weight excluding hydrogens is 328 g/mol. The van der Waals surface area contributed by atoms with E-state index in [4.69, 9.17) is 4.74 Å². The summed E-state index contributed by atoms with van der Waals surface area (Å²) >= 11 is 0. The molecule has 1 spiro atoms. The van der Waals surface area contributed by atoms with Gasteiger partial charge < -0.3 is 14.9 Å². The Hall–Kier alpha value is -0.870. The van der Waals surface area contributed by atoms with Crippen molar-refractivity contribution in [1.29, 1.82) is 0 Å². The van der Waals surface area contributed by atoms with Gasteiger partial charge in [0.2, 0.25) is 0 Å². The smallest absolute Gasteiger partial charge is 0.302 e. The molecule has 146 valence electrons. The van der Waals surface area contributed by atoms with Crippen LogP contribution in [0.5, 0.6) is 0 Å². The molecule has 0 radical (unpaired) electrons. The van der Waals surface area contributed by atoms with Crippen molar-refractivity contribution in [2.45, 2.75) is 78.4 Å². The molecule has 0 aromatic carbocycles. The molecule has 0 aromatic heterocycles. The molecular formula is C22H34O4. The maximum atomic E-state index is 11.4. The number of rotatable bonds is 2. The van der Waals surface area contributed by atoms with Crippen LogP contribution in [0.25, 0.3) is 0 Å². The third-order valence-electron chi connectivity index (χ3n) is 8.96. The van der Waals surface area contributed by atoms with E-state index in [-0.39, 0.29) is 35.4 Å². The summed E-state index contributed by atoms with van der Waals surface area (Å²) in [5.74, 6) is 0.951. The number of ether oxygens (including phenoxy) is 1. The van der Waals surface area contributed by atoms with Crippen LogP contribution in [0, 0.1) is 34.0 Å². The van der Waals surface area contributed by atoms with Crippen molar-refractivity contribution in [2.75, 3.05) is 6.61 Å². The molecule has 4 rings (SSSR count). The lowest BCUT2D eigenvalue weighted by Gasteiger charge is -2.66. The summed E-state index contributed by atoms with van der Waals surface area (Å²) in [5.41, 5.74) is 0.963. The average molecular weight is 363 g/mol. The highest BCUT2D eigenvalue weighted by atomic mass is 16.5. The van der Waals surface area contributed by atoms with Gasteiger partial charge in [0.1, 0.15) is 0 Å². The van der Waals surface area contributed by atoms with Crippen molar-refractivity contribution in [3.63, 3.8) is 0 Å². The van der Waals surface area contributed by atoms with Crippen LogP contribution in [0.3, 0.4) is 0 Å². The van der Waals surface area contributed by atoms with Crippen LogP contribution < -0.4 is 0 Å². The number of fused-ring (bicyclic) bond motifs is 3. The lowest BCUT2D eigenvalue weighted by Crippen LogP contribution is -2.64. The molecule has 2 N–H and O–H groups in total. The number of aliphatic hydroxyl groups is 2. The minimum absolute atomic E-state index is 0.0689. The molecule has 0 amide bonds. The predicted molar refractivity (Wildman–Crippen MR) is 99.2 cm³/mol. The standard InChI is InChI=1S/C22H34O4/c1-13-10-22-11-15(13)5-6-16(22)20(3)8-7-18(24)21(4,12-26-14(2)23)17(20)9-19(22)25/h10,15-19,24-25H,5-9,11-12H2,1-4H3/t15-,16-,17-,18+,19-,20-,21+,22?/m0/s1. The van der Waals surface area contributed by atoms with E-state index in [1.807, 2.05) is 0 Å².